The molecule has 0 radical (unpaired) electrons. The predicted molar refractivity (Wildman–Crippen MR) is 83.4 cm³/mol. The van der Waals surface area contributed by atoms with Gasteiger partial charge in [0.2, 0.25) is 0 Å². The Balaban J connectivity index is 2.22. The van der Waals surface area contributed by atoms with E-state index in [9.17, 15) is 0 Å². The number of pyridine rings is 1. The average Bonchev–Trinajstić information content (AvgIpc) is 2.41. The van der Waals surface area contributed by atoms with E-state index in [1.54, 1.807) is 12.4 Å². The second kappa shape index (κ2) is 5.80. The molecule has 0 saturated heterocycles. The number of aryl methyl sites for hydroxylation is 1. The van der Waals surface area contributed by atoms with Crippen LogP contribution in [0, 0.1) is 6.92 Å². The summed E-state index contributed by atoms with van der Waals surface area (Å²) in [5.74, 6) is 0. The van der Waals surface area contributed by atoms with Crippen LogP contribution in [-0.2, 0) is 6.54 Å². The van der Waals surface area contributed by atoms with Gasteiger partial charge in [0.05, 0.1) is 11.9 Å². The Morgan fingerprint density at radius 2 is 1.95 bits per heavy atom. The number of nitrogens with zero attached hydrogens (tertiary/aromatic N) is 2. The minimum absolute atomic E-state index is 0.396. The number of hydrogen-bond donors (Lipinski definition) is 1. The molecule has 19 heavy (non-hydrogen) atoms. The number of thiocarbonyl (C=S) groups is 1. The van der Waals surface area contributed by atoms with Crippen LogP contribution in [0.25, 0.3) is 0 Å². The van der Waals surface area contributed by atoms with E-state index < -0.39 is 0 Å². The summed E-state index contributed by atoms with van der Waals surface area (Å²) in [6.45, 7) is 2.88. The van der Waals surface area contributed by atoms with Crippen LogP contribution in [0.1, 0.15) is 16.7 Å². The Morgan fingerprint density at radius 1 is 1.26 bits per heavy atom. The van der Waals surface area contributed by atoms with Crippen molar-refractivity contribution < 1.29 is 0 Å². The summed E-state index contributed by atoms with van der Waals surface area (Å²) in [6, 6.07) is 10.3. The van der Waals surface area contributed by atoms with Gasteiger partial charge >= 0.3 is 0 Å². The van der Waals surface area contributed by atoms with E-state index in [4.69, 9.17) is 18.0 Å². The lowest BCUT2D eigenvalue weighted by atomic mass is 10.1. The van der Waals surface area contributed by atoms with Crippen molar-refractivity contribution in [3.8, 4) is 0 Å². The highest BCUT2D eigenvalue weighted by molar-refractivity contribution is 7.80. The molecule has 0 bridgehead atoms. The summed E-state index contributed by atoms with van der Waals surface area (Å²) in [6.07, 6.45) is 3.50. The molecule has 0 saturated carbocycles. The molecule has 0 amide bonds. The summed E-state index contributed by atoms with van der Waals surface area (Å²) in [7, 11) is 2.01. The van der Waals surface area contributed by atoms with Gasteiger partial charge in [0.15, 0.2) is 0 Å². The quantitative estimate of drug-likeness (QED) is 0.868. The number of nitrogens with two attached hydrogens (primary N) is 1. The summed E-state index contributed by atoms with van der Waals surface area (Å²) < 4.78 is 0. The summed E-state index contributed by atoms with van der Waals surface area (Å²) in [5.41, 5.74) is 10.1. The molecule has 1 aromatic heterocycles. The standard InChI is InChI=1S/C15H17N3S/c1-11-3-5-12(6-4-11)10-18(2)14-9-17-8-7-13(14)15(16)19/h3-9H,10H2,1-2H3,(H2,16,19). The van der Waals surface area contributed by atoms with Crippen molar-refractivity contribution in [2.45, 2.75) is 13.5 Å². The summed E-state index contributed by atoms with van der Waals surface area (Å²) in [4.78, 5) is 6.65. The van der Waals surface area contributed by atoms with Crippen molar-refractivity contribution >= 4 is 22.9 Å². The highest BCUT2D eigenvalue weighted by Gasteiger charge is 2.09. The summed E-state index contributed by atoms with van der Waals surface area (Å²) in [5, 5.41) is 0. The maximum atomic E-state index is 5.74. The van der Waals surface area contributed by atoms with E-state index in [-0.39, 0.29) is 0 Å². The third-order valence-electron chi connectivity index (χ3n) is 3.02. The average molecular weight is 271 g/mol. The molecule has 0 aliphatic heterocycles. The van der Waals surface area contributed by atoms with Crippen molar-refractivity contribution in [3.05, 3.63) is 59.4 Å². The van der Waals surface area contributed by atoms with Gasteiger partial charge in [-0.2, -0.15) is 0 Å². The van der Waals surface area contributed by atoms with E-state index >= 15 is 0 Å². The lowest BCUT2D eigenvalue weighted by Crippen LogP contribution is -2.21. The number of anilines is 1. The van der Waals surface area contributed by atoms with E-state index in [0.717, 1.165) is 17.8 Å². The molecule has 2 N–H and O–H groups in total. The molecule has 1 heterocycles. The first kappa shape index (κ1) is 13.5. The highest BCUT2D eigenvalue weighted by Crippen LogP contribution is 2.19. The van der Waals surface area contributed by atoms with Crippen LogP contribution in [0.4, 0.5) is 5.69 Å². The van der Waals surface area contributed by atoms with E-state index in [2.05, 4.69) is 41.1 Å². The molecule has 3 nitrogen and oxygen atoms in total. The van der Waals surface area contributed by atoms with Crippen LogP contribution in [-0.4, -0.2) is 17.0 Å². The first-order chi connectivity index (χ1) is 9.08. The van der Waals surface area contributed by atoms with Gasteiger partial charge < -0.3 is 10.6 Å². The van der Waals surface area contributed by atoms with Crippen LogP contribution in [0.2, 0.25) is 0 Å². The lowest BCUT2D eigenvalue weighted by molar-refractivity contribution is 0.916. The monoisotopic (exact) mass is 271 g/mol. The van der Waals surface area contributed by atoms with Gasteiger partial charge in [0, 0.05) is 25.4 Å². The number of benzene rings is 1. The molecule has 0 spiro atoms. The molecule has 0 fully saturated rings. The lowest BCUT2D eigenvalue weighted by Gasteiger charge is -2.21. The maximum Gasteiger partial charge on any atom is 0.106 e. The van der Waals surface area contributed by atoms with Crippen LogP contribution in [0.3, 0.4) is 0 Å². The highest BCUT2D eigenvalue weighted by atomic mass is 32.1. The zero-order valence-electron chi connectivity index (χ0n) is 11.1. The van der Waals surface area contributed by atoms with Crippen molar-refractivity contribution in [2.24, 2.45) is 5.73 Å². The Morgan fingerprint density at radius 3 is 2.58 bits per heavy atom. The normalized spacial score (nSPS) is 10.2. The molecular weight excluding hydrogens is 254 g/mol. The minimum atomic E-state index is 0.396. The molecule has 0 atom stereocenters. The Hall–Kier alpha value is -1.94. The van der Waals surface area contributed by atoms with Crippen molar-refractivity contribution in [1.29, 1.82) is 0 Å². The third kappa shape index (κ3) is 3.29. The second-order valence-electron chi connectivity index (χ2n) is 4.60. The molecule has 4 heteroatoms. The second-order valence-corrected chi connectivity index (χ2v) is 5.04. The smallest absolute Gasteiger partial charge is 0.106 e. The van der Waals surface area contributed by atoms with E-state index in [1.165, 1.54) is 11.1 Å². The fraction of sp³-hybridized carbons (Fsp3) is 0.200. The third-order valence-corrected chi connectivity index (χ3v) is 3.24. The molecule has 0 aliphatic rings. The fourth-order valence-electron chi connectivity index (χ4n) is 1.95. The van der Waals surface area contributed by atoms with Crippen molar-refractivity contribution in [2.75, 3.05) is 11.9 Å². The zero-order valence-corrected chi connectivity index (χ0v) is 11.9. The Kier molecular flexibility index (Phi) is 4.12. The van der Waals surface area contributed by atoms with Gasteiger partial charge in [-0.3, -0.25) is 4.98 Å². The van der Waals surface area contributed by atoms with Gasteiger partial charge in [-0.25, -0.2) is 0 Å². The largest absolute Gasteiger partial charge is 0.389 e. The van der Waals surface area contributed by atoms with Gasteiger partial charge in [0.25, 0.3) is 0 Å². The number of hydrogen-bond acceptors (Lipinski definition) is 3. The van der Waals surface area contributed by atoms with E-state index in [0.29, 0.717) is 4.99 Å². The fourth-order valence-corrected chi connectivity index (χ4v) is 2.12. The van der Waals surface area contributed by atoms with Crippen LogP contribution >= 0.6 is 12.2 Å². The molecule has 2 aromatic rings. The number of aromatic nitrogens is 1. The van der Waals surface area contributed by atoms with Crippen LogP contribution < -0.4 is 10.6 Å². The molecule has 2 rings (SSSR count). The Bertz CT molecular complexity index is 578. The first-order valence-electron chi connectivity index (χ1n) is 6.08. The maximum absolute atomic E-state index is 5.74. The van der Waals surface area contributed by atoms with Gasteiger partial charge in [-0.15, -0.1) is 0 Å². The van der Waals surface area contributed by atoms with Crippen LogP contribution in [0.5, 0.6) is 0 Å². The molecular formula is C15H17N3S. The SMILES string of the molecule is Cc1ccc(CN(C)c2cnccc2C(N)=S)cc1. The van der Waals surface area contributed by atoms with Crippen molar-refractivity contribution in [1.82, 2.24) is 4.98 Å². The zero-order chi connectivity index (χ0) is 13.8. The molecule has 98 valence electrons. The van der Waals surface area contributed by atoms with Crippen LogP contribution in [0.15, 0.2) is 42.7 Å². The van der Waals surface area contributed by atoms with E-state index in [1.807, 2.05) is 13.1 Å². The van der Waals surface area contributed by atoms with Gasteiger partial charge in [-0.05, 0) is 18.6 Å². The Labute approximate surface area is 119 Å². The summed E-state index contributed by atoms with van der Waals surface area (Å²) >= 11 is 5.07. The molecule has 0 aliphatic carbocycles. The van der Waals surface area contributed by atoms with Crippen molar-refractivity contribution in [3.63, 3.8) is 0 Å². The molecule has 1 aromatic carbocycles. The predicted octanol–water partition coefficient (Wildman–Crippen LogP) is 2.66. The minimum Gasteiger partial charge on any atom is -0.389 e. The first-order valence-corrected chi connectivity index (χ1v) is 6.49. The topological polar surface area (TPSA) is 42.2 Å². The van der Waals surface area contributed by atoms with Gasteiger partial charge in [0.1, 0.15) is 4.99 Å². The van der Waals surface area contributed by atoms with Gasteiger partial charge in [-0.1, -0.05) is 42.0 Å². The molecule has 0 unspecified atom stereocenters. The number of rotatable bonds is 4.